The van der Waals surface area contributed by atoms with E-state index in [2.05, 4.69) is 26.3 Å². The second-order valence-corrected chi connectivity index (χ2v) is 5.77. The molecule has 2 rings (SSSR count). The van der Waals surface area contributed by atoms with E-state index in [0.717, 1.165) is 15.1 Å². The molecule has 1 aromatic carbocycles. The Morgan fingerprint density at radius 1 is 1.40 bits per heavy atom. The minimum Gasteiger partial charge on any atom is -0.318 e. The van der Waals surface area contributed by atoms with Crippen molar-refractivity contribution in [1.82, 2.24) is 4.98 Å². The molecule has 1 heterocycles. The Labute approximate surface area is 128 Å². The SMILES string of the molecule is NNc1cc(CSc2ccc(Br)cn2)ccc1[N+](=O)[O-]. The minimum absolute atomic E-state index is 0.0389. The summed E-state index contributed by atoms with van der Waals surface area (Å²) in [5.41, 5.74) is 3.54. The van der Waals surface area contributed by atoms with Crippen LogP contribution in [0.5, 0.6) is 0 Å². The fraction of sp³-hybridized carbons (Fsp3) is 0.0833. The van der Waals surface area contributed by atoms with Gasteiger partial charge in [0.25, 0.3) is 5.69 Å². The maximum absolute atomic E-state index is 10.8. The first-order chi connectivity index (χ1) is 9.60. The van der Waals surface area contributed by atoms with Crippen LogP contribution < -0.4 is 11.3 Å². The summed E-state index contributed by atoms with van der Waals surface area (Å²) in [7, 11) is 0. The molecule has 0 aliphatic heterocycles. The van der Waals surface area contributed by atoms with Gasteiger partial charge in [-0.15, -0.1) is 11.8 Å². The Kier molecular flexibility index (Phi) is 4.94. The molecule has 0 saturated carbocycles. The summed E-state index contributed by atoms with van der Waals surface area (Å²) >= 11 is 4.87. The molecule has 104 valence electrons. The van der Waals surface area contributed by atoms with E-state index >= 15 is 0 Å². The van der Waals surface area contributed by atoms with Crippen LogP contribution in [0.4, 0.5) is 11.4 Å². The van der Waals surface area contributed by atoms with Gasteiger partial charge in [0, 0.05) is 22.5 Å². The van der Waals surface area contributed by atoms with Crippen LogP contribution in [0.2, 0.25) is 0 Å². The summed E-state index contributed by atoms with van der Waals surface area (Å²) in [5, 5.41) is 11.7. The summed E-state index contributed by atoms with van der Waals surface area (Å²) < 4.78 is 0.923. The standard InChI is InChI=1S/C12H11BrN4O2S/c13-9-2-4-12(15-6-9)20-7-8-1-3-11(17(18)19)10(5-8)16-14/h1-6,16H,7,14H2. The number of hydrogen-bond acceptors (Lipinski definition) is 6. The highest BCUT2D eigenvalue weighted by molar-refractivity contribution is 9.10. The van der Waals surface area contributed by atoms with Crippen molar-refractivity contribution in [2.24, 2.45) is 5.84 Å². The van der Waals surface area contributed by atoms with Crippen molar-refractivity contribution in [3.63, 3.8) is 0 Å². The average molecular weight is 355 g/mol. The number of rotatable bonds is 5. The molecular formula is C12H11BrN4O2S. The van der Waals surface area contributed by atoms with E-state index in [-0.39, 0.29) is 5.69 Å². The number of nitrogen functional groups attached to an aromatic ring is 1. The molecule has 20 heavy (non-hydrogen) atoms. The van der Waals surface area contributed by atoms with Crippen LogP contribution in [-0.4, -0.2) is 9.91 Å². The molecule has 0 atom stereocenters. The zero-order valence-electron chi connectivity index (χ0n) is 10.2. The predicted molar refractivity (Wildman–Crippen MR) is 82.4 cm³/mol. The Balaban J connectivity index is 2.10. The number of nitrogens with one attached hydrogen (secondary N) is 1. The molecule has 6 nitrogen and oxygen atoms in total. The molecule has 0 bridgehead atoms. The van der Waals surface area contributed by atoms with Crippen LogP contribution in [0.15, 0.2) is 46.0 Å². The number of hydrogen-bond donors (Lipinski definition) is 2. The molecule has 1 aromatic heterocycles. The van der Waals surface area contributed by atoms with E-state index in [1.54, 1.807) is 30.1 Å². The highest BCUT2D eigenvalue weighted by Crippen LogP contribution is 2.28. The van der Waals surface area contributed by atoms with Gasteiger partial charge in [0.1, 0.15) is 5.69 Å². The van der Waals surface area contributed by atoms with Gasteiger partial charge in [-0.1, -0.05) is 6.07 Å². The fourth-order valence-corrected chi connectivity index (χ4v) is 2.57. The number of halogens is 1. The molecule has 0 amide bonds. The maximum atomic E-state index is 10.8. The van der Waals surface area contributed by atoms with Gasteiger partial charge >= 0.3 is 0 Å². The highest BCUT2D eigenvalue weighted by atomic mass is 79.9. The predicted octanol–water partition coefficient (Wildman–Crippen LogP) is 3.33. The van der Waals surface area contributed by atoms with Gasteiger partial charge in [-0.3, -0.25) is 16.0 Å². The number of nitro groups is 1. The number of thioether (sulfide) groups is 1. The molecule has 0 saturated heterocycles. The number of pyridine rings is 1. The molecule has 0 aliphatic rings. The van der Waals surface area contributed by atoms with Gasteiger partial charge in [-0.05, 0) is 39.7 Å². The van der Waals surface area contributed by atoms with Crippen molar-refractivity contribution < 1.29 is 4.92 Å². The molecule has 3 N–H and O–H groups in total. The topological polar surface area (TPSA) is 94.1 Å². The van der Waals surface area contributed by atoms with Crippen molar-refractivity contribution in [2.75, 3.05) is 5.43 Å². The zero-order chi connectivity index (χ0) is 14.5. The number of anilines is 1. The maximum Gasteiger partial charge on any atom is 0.293 e. The molecule has 0 aliphatic carbocycles. The lowest BCUT2D eigenvalue weighted by Gasteiger charge is -2.05. The van der Waals surface area contributed by atoms with Crippen LogP contribution >= 0.6 is 27.7 Å². The van der Waals surface area contributed by atoms with E-state index in [9.17, 15) is 10.1 Å². The van der Waals surface area contributed by atoms with Crippen LogP contribution in [0.3, 0.4) is 0 Å². The molecule has 0 radical (unpaired) electrons. The molecule has 8 heteroatoms. The van der Waals surface area contributed by atoms with Crippen molar-refractivity contribution in [1.29, 1.82) is 0 Å². The van der Waals surface area contributed by atoms with E-state index in [1.807, 2.05) is 12.1 Å². The van der Waals surface area contributed by atoms with E-state index in [0.29, 0.717) is 11.4 Å². The van der Waals surface area contributed by atoms with Gasteiger partial charge in [0.2, 0.25) is 0 Å². The van der Waals surface area contributed by atoms with Crippen molar-refractivity contribution in [3.05, 3.63) is 56.7 Å². The van der Waals surface area contributed by atoms with Crippen LogP contribution in [0, 0.1) is 10.1 Å². The summed E-state index contributed by atoms with van der Waals surface area (Å²) in [6.07, 6.45) is 1.73. The van der Waals surface area contributed by atoms with Gasteiger partial charge in [-0.2, -0.15) is 0 Å². The molecule has 2 aromatic rings. The minimum atomic E-state index is -0.470. The fourth-order valence-electron chi connectivity index (χ4n) is 1.55. The summed E-state index contributed by atoms with van der Waals surface area (Å²) in [6, 6.07) is 8.65. The smallest absolute Gasteiger partial charge is 0.293 e. The van der Waals surface area contributed by atoms with Gasteiger partial charge in [0.15, 0.2) is 0 Å². The third-order valence-corrected chi connectivity index (χ3v) is 3.98. The summed E-state index contributed by atoms with van der Waals surface area (Å²) in [4.78, 5) is 14.6. The summed E-state index contributed by atoms with van der Waals surface area (Å²) in [5.74, 6) is 5.96. The van der Waals surface area contributed by atoms with E-state index < -0.39 is 4.92 Å². The third kappa shape index (κ3) is 3.69. The largest absolute Gasteiger partial charge is 0.318 e. The number of nitro benzene ring substituents is 1. The lowest BCUT2D eigenvalue weighted by molar-refractivity contribution is -0.384. The van der Waals surface area contributed by atoms with Crippen molar-refractivity contribution in [2.45, 2.75) is 10.8 Å². The van der Waals surface area contributed by atoms with Crippen molar-refractivity contribution in [3.8, 4) is 0 Å². The lowest BCUT2D eigenvalue weighted by atomic mass is 10.2. The van der Waals surface area contributed by atoms with E-state index in [4.69, 9.17) is 5.84 Å². The van der Waals surface area contributed by atoms with Gasteiger partial charge in [0.05, 0.1) is 9.95 Å². The zero-order valence-corrected chi connectivity index (χ0v) is 12.6. The molecule has 0 fully saturated rings. The lowest BCUT2D eigenvalue weighted by Crippen LogP contribution is -2.09. The highest BCUT2D eigenvalue weighted by Gasteiger charge is 2.13. The number of aromatic nitrogens is 1. The Morgan fingerprint density at radius 3 is 2.80 bits per heavy atom. The average Bonchev–Trinajstić information content (AvgIpc) is 2.46. The van der Waals surface area contributed by atoms with Gasteiger partial charge < -0.3 is 5.43 Å². The van der Waals surface area contributed by atoms with Crippen LogP contribution in [-0.2, 0) is 5.75 Å². The monoisotopic (exact) mass is 354 g/mol. The number of hydrazine groups is 1. The Hall–Kier alpha value is -1.64. The van der Waals surface area contributed by atoms with Crippen molar-refractivity contribution >= 4 is 39.1 Å². The number of nitrogens with two attached hydrogens (primary N) is 1. The Bertz CT molecular complexity index is 621. The van der Waals surface area contributed by atoms with Crippen LogP contribution in [0.25, 0.3) is 0 Å². The number of benzene rings is 1. The number of nitrogens with zero attached hydrogens (tertiary/aromatic N) is 2. The summed E-state index contributed by atoms with van der Waals surface area (Å²) in [6.45, 7) is 0. The van der Waals surface area contributed by atoms with Gasteiger partial charge in [-0.25, -0.2) is 4.98 Å². The van der Waals surface area contributed by atoms with E-state index in [1.165, 1.54) is 6.07 Å². The Morgan fingerprint density at radius 2 is 2.20 bits per heavy atom. The normalized spacial score (nSPS) is 10.3. The first kappa shape index (κ1) is 14.8. The quantitative estimate of drug-likeness (QED) is 0.370. The molecule has 0 unspecified atom stereocenters. The first-order valence-corrected chi connectivity index (χ1v) is 7.36. The first-order valence-electron chi connectivity index (χ1n) is 5.58. The molecular weight excluding hydrogens is 344 g/mol. The van der Waals surface area contributed by atoms with Crippen LogP contribution in [0.1, 0.15) is 5.56 Å². The molecule has 0 spiro atoms. The second kappa shape index (κ2) is 6.69. The third-order valence-electron chi connectivity index (χ3n) is 2.50. The second-order valence-electron chi connectivity index (χ2n) is 3.86.